The summed E-state index contributed by atoms with van der Waals surface area (Å²) in [5.74, 6) is -1.12. The molecule has 90 valence electrons. The highest BCUT2D eigenvalue weighted by molar-refractivity contribution is 5.90. The van der Waals surface area contributed by atoms with Gasteiger partial charge in [-0.1, -0.05) is 6.07 Å². The molecule has 0 saturated heterocycles. The smallest absolute Gasteiger partial charge is 0.338 e. The van der Waals surface area contributed by atoms with Crippen LogP contribution in [0, 0.1) is 5.82 Å². The van der Waals surface area contributed by atoms with Crippen LogP contribution in [0.3, 0.4) is 0 Å². The van der Waals surface area contributed by atoms with Crippen LogP contribution in [0.4, 0.5) is 4.39 Å². The number of halogens is 1. The second-order valence-electron chi connectivity index (χ2n) is 3.46. The molecular formula is C13H13FO3. The van der Waals surface area contributed by atoms with Gasteiger partial charge in [0.25, 0.3) is 0 Å². The Morgan fingerprint density at radius 3 is 2.71 bits per heavy atom. The molecule has 1 aromatic rings. The summed E-state index contributed by atoms with van der Waals surface area (Å²) in [7, 11) is 0. The van der Waals surface area contributed by atoms with E-state index >= 15 is 0 Å². The maximum absolute atomic E-state index is 13.6. The van der Waals surface area contributed by atoms with Crippen molar-refractivity contribution < 1.29 is 18.7 Å². The fourth-order valence-corrected chi connectivity index (χ4v) is 1.26. The van der Waals surface area contributed by atoms with Gasteiger partial charge in [-0.05, 0) is 37.6 Å². The van der Waals surface area contributed by atoms with E-state index in [4.69, 9.17) is 4.74 Å². The molecule has 4 heteroatoms. The molecule has 0 spiro atoms. The van der Waals surface area contributed by atoms with E-state index in [1.165, 1.54) is 18.2 Å². The van der Waals surface area contributed by atoms with Gasteiger partial charge in [-0.3, -0.25) is 4.79 Å². The van der Waals surface area contributed by atoms with Gasteiger partial charge in [-0.2, -0.15) is 0 Å². The number of aldehydes is 1. The van der Waals surface area contributed by atoms with E-state index in [-0.39, 0.29) is 17.7 Å². The van der Waals surface area contributed by atoms with E-state index < -0.39 is 11.8 Å². The highest BCUT2D eigenvalue weighted by Gasteiger charge is 2.09. The van der Waals surface area contributed by atoms with Gasteiger partial charge in [0.1, 0.15) is 12.1 Å². The largest absolute Gasteiger partial charge is 0.462 e. The number of carbonyl (C=O) groups is 2. The van der Waals surface area contributed by atoms with Crippen molar-refractivity contribution in [3.63, 3.8) is 0 Å². The second-order valence-corrected chi connectivity index (χ2v) is 3.46. The van der Waals surface area contributed by atoms with Gasteiger partial charge in [-0.25, -0.2) is 9.18 Å². The van der Waals surface area contributed by atoms with Gasteiger partial charge in [0, 0.05) is 5.56 Å². The summed E-state index contributed by atoms with van der Waals surface area (Å²) in [5, 5.41) is 0. The third-order valence-corrected chi connectivity index (χ3v) is 2.08. The van der Waals surface area contributed by atoms with E-state index in [9.17, 15) is 14.0 Å². The molecule has 0 atom stereocenters. The lowest BCUT2D eigenvalue weighted by molar-refractivity contribution is -0.104. The number of ether oxygens (including phenoxy) is 1. The summed E-state index contributed by atoms with van der Waals surface area (Å²) >= 11 is 0. The summed E-state index contributed by atoms with van der Waals surface area (Å²) in [6.45, 7) is 3.50. The predicted octanol–water partition coefficient (Wildman–Crippen LogP) is 2.60. The predicted molar refractivity (Wildman–Crippen MR) is 62.1 cm³/mol. The fourth-order valence-electron chi connectivity index (χ4n) is 1.26. The SMILES string of the molecule is CCOC(=O)c1ccc(/C=C(\C)C=O)c(F)c1. The van der Waals surface area contributed by atoms with Crippen LogP contribution >= 0.6 is 0 Å². The third-order valence-electron chi connectivity index (χ3n) is 2.08. The molecule has 0 fully saturated rings. The van der Waals surface area contributed by atoms with Gasteiger partial charge in [-0.15, -0.1) is 0 Å². The summed E-state index contributed by atoms with van der Waals surface area (Å²) in [5.41, 5.74) is 0.834. The lowest BCUT2D eigenvalue weighted by Gasteiger charge is -2.03. The van der Waals surface area contributed by atoms with Crippen LogP contribution in [0.25, 0.3) is 6.08 Å². The summed E-state index contributed by atoms with van der Waals surface area (Å²) in [6.07, 6.45) is 2.05. The van der Waals surface area contributed by atoms with E-state index in [1.54, 1.807) is 13.8 Å². The molecule has 0 unspecified atom stereocenters. The van der Waals surface area contributed by atoms with Gasteiger partial charge in [0.15, 0.2) is 0 Å². The Morgan fingerprint density at radius 2 is 2.18 bits per heavy atom. The summed E-state index contributed by atoms with van der Waals surface area (Å²) in [6, 6.07) is 4.00. The number of allylic oxidation sites excluding steroid dienone is 1. The molecule has 1 aromatic carbocycles. The van der Waals surface area contributed by atoms with Crippen molar-refractivity contribution in [2.45, 2.75) is 13.8 Å². The van der Waals surface area contributed by atoms with Gasteiger partial charge in [0.2, 0.25) is 0 Å². The lowest BCUT2D eigenvalue weighted by atomic mass is 10.1. The first-order chi connectivity index (χ1) is 8.08. The quantitative estimate of drug-likeness (QED) is 0.458. The summed E-state index contributed by atoms with van der Waals surface area (Å²) < 4.78 is 18.3. The van der Waals surface area contributed by atoms with Crippen LogP contribution in [0.1, 0.15) is 29.8 Å². The fraction of sp³-hybridized carbons (Fsp3) is 0.231. The van der Waals surface area contributed by atoms with Crippen molar-refractivity contribution >= 4 is 18.3 Å². The molecule has 0 amide bonds. The van der Waals surface area contributed by atoms with E-state index in [1.807, 2.05) is 0 Å². The van der Waals surface area contributed by atoms with Gasteiger partial charge >= 0.3 is 5.97 Å². The maximum Gasteiger partial charge on any atom is 0.338 e. The average molecular weight is 236 g/mol. The Hall–Kier alpha value is -1.97. The normalized spacial score (nSPS) is 11.1. The van der Waals surface area contributed by atoms with Crippen molar-refractivity contribution in [1.29, 1.82) is 0 Å². The minimum absolute atomic E-state index is 0.158. The first kappa shape index (κ1) is 13.1. The first-order valence-corrected chi connectivity index (χ1v) is 5.18. The molecule has 1 rings (SSSR count). The molecule has 0 aromatic heterocycles. The average Bonchev–Trinajstić information content (AvgIpc) is 2.31. The monoisotopic (exact) mass is 236 g/mol. The topological polar surface area (TPSA) is 43.4 Å². The summed E-state index contributed by atoms with van der Waals surface area (Å²) in [4.78, 5) is 21.7. The number of hydrogen-bond donors (Lipinski definition) is 0. The third kappa shape index (κ3) is 3.52. The van der Waals surface area contributed by atoms with Crippen molar-refractivity contribution in [3.8, 4) is 0 Å². The Morgan fingerprint density at radius 1 is 1.47 bits per heavy atom. The van der Waals surface area contributed by atoms with Crippen LogP contribution in [0.2, 0.25) is 0 Å². The molecule has 3 nitrogen and oxygen atoms in total. The van der Waals surface area contributed by atoms with Crippen molar-refractivity contribution in [3.05, 3.63) is 40.7 Å². The number of hydrogen-bond acceptors (Lipinski definition) is 3. The zero-order chi connectivity index (χ0) is 12.8. The molecular weight excluding hydrogens is 223 g/mol. The Balaban J connectivity index is 3.02. The molecule has 0 aliphatic heterocycles. The van der Waals surface area contributed by atoms with E-state index in [0.717, 1.165) is 6.07 Å². The molecule has 0 N–H and O–H groups in total. The standard InChI is InChI=1S/C13H13FO3/c1-3-17-13(16)11-5-4-10(12(14)7-11)6-9(2)8-15/h4-8H,3H2,1-2H3/b9-6+. The van der Waals surface area contributed by atoms with Crippen LogP contribution in [-0.4, -0.2) is 18.9 Å². The van der Waals surface area contributed by atoms with Crippen molar-refractivity contribution in [2.24, 2.45) is 0 Å². The minimum Gasteiger partial charge on any atom is -0.462 e. The molecule has 0 heterocycles. The van der Waals surface area contributed by atoms with E-state index in [2.05, 4.69) is 0 Å². The van der Waals surface area contributed by atoms with E-state index in [0.29, 0.717) is 11.9 Å². The molecule has 0 aliphatic carbocycles. The number of rotatable bonds is 4. The number of esters is 1. The van der Waals surface area contributed by atoms with Crippen molar-refractivity contribution in [2.75, 3.05) is 6.61 Å². The van der Waals surface area contributed by atoms with Crippen molar-refractivity contribution in [1.82, 2.24) is 0 Å². The van der Waals surface area contributed by atoms with Crippen LogP contribution in [0.15, 0.2) is 23.8 Å². The van der Waals surface area contributed by atoms with Crippen LogP contribution in [-0.2, 0) is 9.53 Å². The first-order valence-electron chi connectivity index (χ1n) is 5.18. The zero-order valence-electron chi connectivity index (χ0n) is 9.70. The molecule has 0 aliphatic rings. The number of benzene rings is 1. The lowest BCUT2D eigenvalue weighted by Crippen LogP contribution is -2.05. The second kappa shape index (κ2) is 5.94. The highest BCUT2D eigenvalue weighted by Crippen LogP contribution is 2.14. The van der Waals surface area contributed by atoms with Crippen LogP contribution in [0.5, 0.6) is 0 Å². The van der Waals surface area contributed by atoms with Gasteiger partial charge in [0.05, 0.1) is 12.2 Å². The number of carbonyl (C=O) groups excluding carboxylic acids is 2. The Labute approximate surface area is 98.9 Å². The maximum atomic E-state index is 13.6. The molecule has 17 heavy (non-hydrogen) atoms. The molecule has 0 saturated carbocycles. The van der Waals surface area contributed by atoms with Gasteiger partial charge < -0.3 is 4.74 Å². The highest BCUT2D eigenvalue weighted by atomic mass is 19.1. The molecule has 0 bridgehead atoms. The molecule has 0 radical (unpaired) electrons. The van der Waals surface area contributed by atoms with Crippen LogP contribution < -0.4 is 0 Å². The zero-order valence-corrected chi connectivity index (χ0v) is 9.70. The Kier molecular flexibility index (Phi) is 4.57. The Bertz CT molecular complexity index is 464. The minimum atomic E-state index is -0.561.